The third kappa shape index (κ3) is 13.1. The summed E-state index contributed by atoms with van der Waals surface area (Å²) < 4.78 is 9.74. The summed E-state index contributed by atoms with van der Waals surface area (Å²) in [4.78, 5) is 61.9. The molecule has 11 nitrogen and oxygen atoms in total. The molecule has 3 amide bonds. The van der Waals surface area contributed by atoms with Crippen molar-refractivity contribution in [1.82, 2.24) is 16.0 Å². The van der Waals surface area contributed by atoms with E-state index in [9.17, 15) is 24.0 Å². The third-order valence-electron chi connectivity index (χ3n) is 8.35. The van der Waals surface area contributed by atoms with E-state index >= 15 is 0 Å². The fourth-order valence-corrected chi connectivity index (χ4v) is 15.4. The molecule has 0 fully saturated rings. The van der Waals surface area contributed by atoms with E-state index < -0.39 is 41.1 Å². The molecule has 15 heteroatoms. The van der Waals surface area contributed by atoms with Gasteiger partial charge >= 0.3 is 232 Å². The van der Waals surface area contributed by atoms with Crippen molar-refractivity contribution in [3.63, 3.8) is 0 Å². The van der Waals surface area contributed by atoms with Crippen LogP contribution in [0.4, 0.5) is 0 Å². The van der Waals surface area contributed by atoms with Crippen molar-refractivity contribution in [3.8, 4) is 0 Å². The first-order valence-electron chi connectivity index (χ1n) is 17.6. The normalized spacial score (nSPS) is 13.0. The van der Waals surface area contributed by atoms with Gasteiger partial charge in [0.1, 0.15) is 12.6 Å². The number of carbonyl (C=O) groups excluding carboxylic acids is 5. The van der Waals surface area contributed by atoms with Crippen LogP contribution in [-0.4, -0.2) is 85.7 Å². The summed E-state index contributed by atoms with van der Waals surface area (Å²) in [6.45, 7) is 3.80. The molecule has 288 valence electrons. The number of ether oxygens (including phenoxy) is 2. The van der Waals surface area contributed by atoms with E-state index in [-0.39, 0.29) is 50.0 Å². The number of carbonyl (C=O) groups is 5. The first-order chi connectivity index (χ1) is 25.5. The standard InChI is InChI=1S/C38H50BrN4O7PS2/c1-3-49-36(46)26-42-37(47)33(43-34(44)23-22-32(40)38(48)50-4-2)27-52-53-28-35(45)41-24-14-15-25-51(39,29-16-8-5-9-17-29,30-18-10-6-11-19-30)31-20-12-7-13-21-31/h5-13,16-21,32-33H,3-4,14-15,22-28,40H2,1-2H3,(H,41,45)(H,42,47)(H,43,44). The molecule has 3 rings (SSSR count). The number of nitrogens with one attached hydrogen (secondary N) is 3. The van der Waals surface area contributed by atoms with Crippen LogP contribution in [0, 0.1) is 0 Å². The Morgan fingerprint density at radius 3 is 1.83 bits per heavy atom. The number of halogens is 1. The number of unbranched alkanes of at least 4 members (excludes halogenated alkanes) is 1. The summed E-state index contributed by atoms with van der Waals surface area (Å²) in [5, 5.41) is 8.83. The molecule has 0 aliphatic carbocycles. The number of esters is 2. The quantitative estimate of drug-likeness (QED) is 0.0476. The SMILES string of the molecule is CCOC(=O)CNC(=O)C(CSSCC(=O)NCCCCP(Br)(c1ccccc1)(c1ccccc1)c1ccccc1)NC(=O)CCC(N)C(=O)OCC. The minimum Gasteiger partial charge on any atom is -0.465 e. The van der Waals surface area contributed by atoms with Gasteiger partial charge in [-0.25, -0.2) is 0 Å². The van der Waals surface area contributed by atoms with Crippen LogP contribution in [0.5, 0.6) is 0 Å². The molecule has 0 saturated carbocycles. The van der Waals surface area contributed by atoms with E-state index in [2.05, 4.69) is 104 Å². The van der Waals surface area contributed by atoms with Gasteiger partial charge in [0.25, 0.3) is 0 Å². The van der Waals surface area contributed by atoms with Crippen molar-refractivity contribution in [2.24, 2.45) is 5.73 Å². The molecule has 0 heterocycles. The van der Waals surface area contributed by atoms with Crippen LogP contribution in [0.15, 0.2) is 91.0 Å². The van der Waals surface area contributed by atoms with E-state index in [0.29, 0.717) is 6.54 Å². The van der Waals surface area contributed by atoms with Crippen molar-refractivity contribution in [2.45, 2.75) is 51.6 Å². The van der Waals surface area contributed by atoms with Gasteiger partial charge in [0.2, 0.25) is 5.91 Å². The minimum atomic E-state index is -3.04. The molecule has 0 spiro atoms. The zero-order chi connectivity index (χ0) is 38.6. The molecule has 0 aromatic heterocycles. The average Bonchev–Trinajstić information content (AvgIpc) is 3.18. The molecule has 0 radical (unpaired) electrons. The summed E-state index contributed by atoms with van der Waals surface area (Å²) in [5.41, 5.74) is 5.80. The Hall–Kier alpha value is -3.42. The Morgan fingerprint density at radius 2 is 1.30 bits per heavy atom. The van der Waals surface area contributed by atoms with Crippen LogP contribution in [0.25, 0.3) is 0 Å². The van der Waals surface area contributed by atoms with Crippen molar-refractivity contribution < 1.29 is 33.4 Å². The molecule has 2 unspecified atom stereocenters. The average molecular weight is 850 g/mol. The predicted molar refractivity (Wildman–Crippen MR) is 222 cm³/mol. The second-order valence-electron chi connectivity index (χ2n) is 12.1. The zero-order valence-corrected chi connectivity index (χ0v) is 34.3. The Balaban J connectivity index is 1.54. The fourth-order valence-electron chi connectivity index (χ4n) is 5.67. The molecule has 53 heavy (non-hydrogen) atoms. The van der Waals surface area contributed by atoms with Gasteiger partial charge in [0.15, 0.2) is 0 Å². The number of nitrogens with two attached hydrogens (primary N) is 1. The molecule has 3 aromatic rings. The molecule has 0 aliphatic rings. The zero-order valence-electron chi connectivity index (χ0n) is 30.2. The molecule has 0 bridgehead atoms. The van der Waals surface area contributed by atoms with Gasteiger partial charge in [0, 0.05) is 6.42 Å². The Kier molecular flexibility index (Phi) is 18.9. The van der Waals surface area contributed by atoms with Crippen LogP contribution >= 0.6 is 42.4 Å². The van der Waals surface area contributed by atoms with Gasteiger partial charge in [0.05, 0.1) is 13.2 Å². The Labute approximate surface area is 328 Å². The van der Waals surface area contributed by atoms with Gasteiger partial charge in [-0.2, -0.15) is 0 Å². The first kappa shape index (κ1) is 44.0. The summed E-state index contributed by atoms with van der Waals surface area (Å²) in [7, 11) is 2.50. The summed E-state index contributed by atoms with van der Waals surface area (Å²) in [5.74, 6) is -2.17. The molecule has 0 saturated heterocycles. The van der Waals surface area contributed by atoms with Crippen molar-refractivity contribution in [3.05, 3.63) is 91.0 Å². The predicted octanol–water partition coefficient (Wildman–Crippen LogP) is 3.94. The smallest absolute Gasteiger partial charge is 0.465 e. The van der Waals surface area contributed by atoms with Crippen LogP contribution in [0.3, 0.4) is 0 Å². The third-order valence-corrected chi connectivity index (χ3v) is 20.7. The van der Waals surface area contributed by atoms with E-state index in [1.807, 2.05) is 18.2 Å². The van der Waals surface area contributed by atoms with Crippen LogP contribution in [0.1, 0.15) is 39.5 Å². The van der Waals surface area contributed by atoms with Gasteiger partial charge in [-0.15, -0.1) is 0 Å². The van der Waals surface area contributed by atoms with E-state index in [0.717, 1.165) is 19.0 Å². The number of hydrogen-bond donors (Lipinski definition) is 4. The molecule has 3 aromatic carbocycles. The minimum absolute atomic E-state index is 0.0354. The van der Waals surface area contributed by atoms with Gasteiger partial charge in [-0.1, -0.05) is 0 Å². The molecule has 2 atom stereocenters. The van der Waals surface area contributed by atoms with Crippen LogP contribution < -0.4 is 37.6 Å². The van der Waals surface area contributed by atoms with Gasteiger partial charge in [-0.3, -0.25) is 19.2 Å². The van der Waals surface area contributed by atoms with E-state index in [1.54, 1.807) is 13.8 Å². The van der Waals surface area contributed by atoms with Crippen molar-refractivity contribution >= 4 is 88.0 Å². The van der Waals surface area contributed by atoms with E-state index in [4.69, 9.17) is 15.2 Å². The molecular formula is C38H50BrN4O7PS2. The van der Waals surface area contributed by atoms with Gasteiger partial charge in [-0.05, 0) is 20.3 Å². The summed E-state index contributed by atoms with van der Waals surface area (Å²) in [6.07, 6.45) is 2.42. The summed E-state index contributed by atoms with van der Waals surface area (Å²) >= 11 is 4.46. The number of rotatable bonds is 23. The Bertz CT molecular complexity index is 1530. The first-order valence-corrected chi connectivity index (χ1v) is 24.5. The number of hydrogen-bond acceptors (Lipinski definition) is 10. The number of amides is 3. The maximum atomic E-state index is 12.9. The maximum absolute atomic E-state index is 12.9. The second kappa shape index (κ2) is 22.7. The fraction of sp³-hybridized carbons (Fsp3) is 0.395. The second-order valence-corrected chi connectivity index (χ2v) is 23.6. The van der Waals surface area contributed by atoms with E-state index in [1.165, 1.54) is 37.5 Å². The molecule has 0 aliphatic heterocycles. The molecule has 5 N–H and O–H groups in total. The number of benzene rings is 3. The topological polar surface area (TPSA) is 166 Å². The van der Waals surface area contributed by atoms with Crippen LogP contribution in [-0.2, 0) is 33.4 Å². The van der Waals surface area contributed by atoms with Crippen LogP contribution in [0.2, 0.25) is 0 Å². The summed E-state index contributed by atoms with van der Waals surface area (Å²) in [6, 6.07) is 29.8. The van der Waals surface area contributed by atoms with Crippen molar-refractivity contribution in [1.29, 1.82) is 0 Å². The monoisotopic (exact) mass is 848 g/mol. The molecular weight excluding hydrogens is 799 g/mol. The van der Waals surface area contributed by atoms with Crippen molar-refractivity contribution in [2.75, 3.05) is 44.0 Å². The Morgan fingerprint density at radius 1 is 0.755 bits per heavy atom. The van der Waals surface area contributed by atoms with Gasteiger partial charge < -0.3 is 20.5 Å².